The van der Waals surface area contributed by atoms with Crippen molar-refractivity contribution < 1.29 is 9.90 Å². The number of aliphatic hydroxyl groups is 1. The van der Waals surface area contributed by atoms with Crippen molar-refractivity contribution in [3.63, 3.8) is 0 Å². The number of carbonyl (C=O) groups is 1. The van der Waals surface area contributed by atoms with Crippen LogP contribution in [-0.4, -0.2) is 23.7 Å². The molecule has 0 bridgehead atoms. The lowest BCUT2D eigenvalue weighted by atomic mass is 9.95. The highest BCUT2D eigenvalue weighted by molar-refractivity contribution is 9.10. The monoisotopic (exact) mass is 339 g/mol. The Morgan fingerprint density at radius 1 is 1.35 bits per heavy atom. The molecule has 1 aromatic carbocycles. The number of nitrogens with one attached hydrogen (secondary N) is 1. The van der Waals surface area contributed by atoms with Crippen LogP contribution in [0.5, 0.6) is 0 Å². The molecule has 20 heavy (non-hydrogen) atoms. The highest BCUT2D eigenvalue weighted by Gasteiger charge is 2.51. The van der Waals surface area contributed by atoms with Crippen molar-refractivity contribution >= 4 is 21.8 Å². The molecule has 1 amide bonds. The smallest absolute Gasteiger partial charge is 0.230 e. The van der Waals surface area contributed by atoms with Gasteiger partial charge in [-0.25, -0.2) is 0 Å². The highest BCUT2D eigenvalue weighted by atomic mass is 79.9. The fourth-order valence-electron chi connectivity index (χ4n) is 2.55. The molecule has 4 heteroatoms. The van der Waals surface area contributed by atoms with Crippen molar-refractivity contribution in [3.05, 3.63) is 34.3 Å². The van der Waals surface area contributed by atoms with Crippen molar-refractivity contribution in [2.75, 3.05) is 6.54 Å². The molecule has 0 aromatic heterocycles. The van der Waals surface area contributed by atoms with E-state index < -0.39 is 6.10 Å². The van der Waals surface area contributed by atoms with Gasteiger partial charge >= 0.3 is 0 Å². The van der Waals surface area contributed by atoms with Gasteiger partial charge in [-0.05, 0) is 42.9 Å². The first-order chi connectivity index (χ1) is 9.44. The zero-order chi connectivity index (χ0) is 14.8. The maximum absolute atomic E-state index is 12.4. The minimum atomic E-state index is -0.459. The first-order valence-electron chi connectivity index (χ1n) is 7.16. The highest BCUT2D eigenvalue weighted by Crippen LogP contribution is 2.48. The molecule has 1 atom stereocenters. The number of rotatable bonds is 6. The molecular weight excluding hydrogens is 318 g/mol. The van der Waals surface area contributed by atoms with E-state index in [9.17, 15) is 9.90 Å². The summed E-state index contributed by atoms with van der Waals surface area (Å²) in [7, 11) is 0. The van der Waals surface area contributed by atoms with Gasteiger partial charge < -0.3 is 10.4 Å². The molecule has 2 N–H and O–H groups in total. The van der Waals surface area contributed by atoms with E-state index in [1.54, 1.807) is 0 Å². The van der Waals surface area contributed by atoms with E-state index in [1.807, 2.05) is 24.3 Å². The van der Waals surface area contributed by atoms with Crippen LogP contribution in [0.3, 0.4) is 0 Å². The molecule has 0 radical (unpaired) electrons. The Morgan fingerprint density at radius 3 is 2.45 bits per heavy atom. The molecule has 110 valence electrons. The summed E-state index contributed by atoms with van der Waals surface area (Å²) >= 11 is 3.41. The Balaban J connectivity index is 1.93. The molecule has 1 fully saturated rings. The van der Waals surface area contributed by atoms with Crippen LogP contribution in [0.2, 0.25) is 0 Å². The molecule has 0 aliphatic heterocycles. The lowest BCUT2D eigenvalue weighted by Crippen LogP contribution is -2.39. The van der Waals surface area contributed by atoms with Crippen molar-refractivity contribution in [3.8, 4) is 0 Å². The maximum atomic E-state index is 12.4. The number of halogens is 1. The molecule has 2 rings (SSSR count). The van der Waals surface area contributed by atoms with E-state index >= 15 is 0 Å². The minimum absolute atomic E-state index is 0.0441. The second kappa shape index (κ2) is 6.27. The average molecular weight is 340 g/mol. The topological polar surface area (TPSA) is 49.3 Å². The number of hydrogen-bond donors (Lipinski definition) is 2. The van der Waals surface area contributed by atoms with Gasteiger partial charge in [0.2, 0.25) is 5.91 Å². The lowest BCUT2D eigenvalue weighted by Gasteiger charge is -2.18. The zero-order valence-corrected chi connectivity index (χ0v) is 13.6. The van der Waals surface area contributed by atoms with Gasteiger partial charge in [-0.1, -0.05) is 41.9 Å². The van der Waals surface area contributed by atoms with Crippen LogP contribution in [0, 0.1) is 5.92 Å². The quantitative estimate of drug-likeness (QED) is 0.836. The summed E-state index contributed by atoms with van der Waals surface area (Å²) in [6.07, 6.45) is 2.03. The second-order valence-electron chi connectivity index (χ2n) is 6.08. The largest absolute Gasteiger partial charge is 0.391 e. The van der Waals surface area contributed by atoms with Crippen LogP contribution in [0.25, 0.3) is 0 Å². The number of hydrogen-bond acceptors (Lipinski definition) is 2. The summed E-state index contributed by atoms with van der Waals surface area (Å²) in [4.78, 5) is 12.4. The summed E-state index contributed by atoms with van der Waals surface area (Å²) in [6, 6.07) is 7.94. The van der Waals surface area contributed by atoms with Crippen LogP contribution in [0.15, 0.2) is 28.7 Å². The van der Waals surface area contributed by atoms with Gasteiger partial charge in [-0.2, -0.15) is 0 Å². The molecular formula is C16H22BrNO2. The summed E-state index contributed by atoms with van der Waals surface area (Å²) in [5, 5.41) is 12.7. The normalized spacial score (nSPS) is 17.9. The van der Waals surface area contributed by atoms with Gasteiger partial charge in [-0.15, -0.1) is 0 Å². The third-order valence-electron chi connectivity index (χ3n) is 3.82. The van der Waals surface area contributed by atoms with Crippen LogP contribution < -0.4 is 5.32 Å². The Labute approximate surface area is 128 Å². The predicted octanol–water partition coefficient (Wildman–Crippen LogP) is 3.00. The molecule has 0 spiro atoms. The first kappa shape index (κ1) is 15.5. The Morgan fingerprint density at radius 2 is 1.95 bits per heavy atom. The standard InChI is InChI=1S/C16H22BrNO2/c1-11(2)9-14(19)10-18-15(20)16(7-8-16)12-3-5-13(17)6-4-12/h3-6,11,14,19H,7-10H2,1-2H3,(H,18,20). The molecule has 1 aliphatic carbocycles. The van der Waals surface area contributed by atoms with Crippen LogP contribution in [-0.2, 0) is 10.2 Å². The minimum Gasteiger partial charge on any atom is -0.391 e. The number of amides is 1. The number of aliphatic hydroxyl groups excluding tert-OH is 1. The molecule has 0 heterocycles. The van der Waals surface area contributed by atoms with Crippen LogP contribution in [0.1, 0.15) is 38.7 Å². The third kappa shape index (κ3) is 3.61. The van der Waals surface area contributed by atoms with Crippen LogP contribution >= 0.6 is 15.9 Å². The van der Waals surface area contributed by atoms with Gasteiger partial charge in [0.15, 0.2) is 0 Å². The summed E-state index contributed by atoms with van der Waals surface area (Å²) in [5.74, 6) is 0.478. The first-order valence-corrected chi connectivity index (χ1v) is 7.96. The molecule has 1 aromatic rings. The number of carbonyl (C=O) groups excluding carboxylic acids is 1. The Bertz CT molecular complexity index is 466. The molecule has 3 nitrogen and oxygen atoms in total. The van der Waals surface area contributed by atoms with Crippen molar-refractivity contribution in [2.24, 2.45) is 5.92 Å². The Kier molecular flexibility index (Phi) is 4.86. The van der Waals surface area contributed by atoms with Gasteiger partial charge in [0.25, 0.3) is 0 Å². The lowest BCUT2D eigenvalue weighted by molar-refractivity contribution is -0.124. The number of benzene rings is 1. The van der Waals surface area contributed by atoms with E-state index in [4.69, 9.17) is 0 Å². The third-order valence-corrected chi connectivity index (χ3v) is 4.35. The predicted molar refractivity (Wildman–Crippen MR) is 83.5 cm³/mol. The summed E-state index contributed by atoms with van der Waals surface area (Å²) in [6.45, 7) is 4.47. The molecule has 1 aliphatic rings. The van der Waals surface area contributed by atoms with E-state index in [-0.39, 0.29) is 11.3 Å². The van der Waals surface area contributed by atoms with Gasteiger partial charge in [-0.3, -0.25) is 4.79 Å². The molecule has 0 saturated heterocycles. The van der Waals surface area contributed by atoms with Gasteiger partial charge in [0, 0.05) is 11.0 Å². The fraction of sp³-hybridized carbons (Fsp3) is 0.562. The van der Waals surface area contributed by atoms with E-state index in [0.29, 0.717) is 18.9 Å². The van der Waals surface area contributed by atoms with Gasteiger partial charge in [0.1, 0.15) is 0 Å². The van der Waals surface area contributed by atoms with E-state index in [1.165, 1.54) is 0 Å². The molecule has 1 saturated carbocycles. The summed E-state index contributed by atoms with van der Waals surface area (Å²) < 4.78 is 1.02. The Hall–Kier alpha value is -0.870. The maximum Gasteiger partial charge on any atom is 0.230 e. The van der Waals surface area contributed by atoms with Crippen molar-refractivity contribution in [2.45, 2.75) is 44.6 Å². The van der Waals surface area contributed by atoms with Crippen molar-refractivity contribution in [1.29, 1.82) is 0 Å². The SMILES string of the molecule is CC(C)CC(O)CNC(=O)C1(c2ccc(Br)cc2)CC1. The van der Waals surface area contributed by atoms with E-state index in [2.05, 4.69) is 35.1 Å². The van der Waals surface area contributed by atoms with Gasteiger partial charge in [0.05, 0.1) is 11.5 Å². The molecule has 1 unspecified atom stereocenters. The van der Waals surface area contributed by atoms with Crippen LogP contribution in [0.4, 0.5) is 0 Å². The van der Waals surface area contributed by atoms with Crippen molar-refractivity contribution in [1.82, 2.24) is 5.32 Å². The summed E-state index contributed by atoms with van der Waals surface area (Å²) in [5.41, 5.74) is 0.703. The average Bonchev–Trinajstić information content (AvgIpc) is 3.17. The second-order valence-corrected chi connectivity index (χ2v) is 7.00. The van der Waals surface area contributed by atoms with E-state index in [0.717, 1.165) is 22.9 Å². The zero-order valence-electron chi connectivity index (χ0n) is 12.0. The fourth-order valence-corrected chi connectivity index (χ4v) is 2.81.